The van der Waals surface area contributed by atoms with Crippen LogP contribution in [0, 0.1) is 0 Å². The van der Waals surface area contributed by atoms with E-state index in [-0.39, 0.29) is 5.75 Å². The first-order chi connectivity index (χ1) is 16.9. The number of aliphatic hydroxyl groups is 1. The molecule has 7 atom stereocenters. The summed E-state index contributed by atoms with van der Waals surface area (Å²) in [7, 11) is 1.15. The first-order valence-electron chi connectivity index (χ1n) is 10.7. The highest BCUT2D eigenvalue weighted by atomic mass is 32.7. The summed E-state index contributed by atoms with van der Waals surface area (Å²) in [6.45, 7) is -2.08. The van der Waals surface area contributed by atoms with E-state index in [1.54, 1.807) is 18.2 Å². The number of halogens is 2. The minimum Gasteiger partial charge on any atom is -0.468 e. The summed E-state index contributed by atoms with van der Waals surface area (Å²) in [5.74, 6) is -2.97. The van der Waals surface area contributed by atoms with Gasteiger partial charge in [-0.2, -0.15) is 0 Å². The fraction of sp³-hybridized carbons (Fsp3) is 0.476. The third-order valence-electron chi connectivity index (χ3n) is 5.50. The molecule has 15 heteroatoms. The summed E-state index contributed by atoms with van der Waals surface area (Å²) in [6.07, 6.45) is -5.21. The van der Waals surface area contributed by atoms with Gasteiger partial charge in [0.05, 0.1) is 13.2 Å². The number of esters is 1. The third kappa shape index (κ3) is 5.89. The summed E-state index contributed by atoms with van der Waals surface area (Å²) in [5.41, 5.74) is -4.56. The smallest absolute Gasteiger partial charge is 0.351 e. The maximum absolute atomic E-state index is 15.6. The van der Waals surface area contributed by atoms with E-state index in [0.717, 1.165) is 26.3 Å². The van der Waals surface area contributed by atoms with Crippen molar-refractivity contribution in [1.82, 2.24) is 14.3 Å². The molecule has 0 amide bonds. The molecule has 0 radical (unpaired) electrons. The Morgan fingerprint density at radius 2 is 2.03 bits per heavy atom. The predicted molar refractivity (Wildman–Crippen MR) is 127 cm³/mol. The second kappa shape index (κ2) is 11.3. The number of alkyl halides is 2. The number of aromatic nitrogens is 2. The molecular formula is C21H26F2N3O8PS. The molecule has 3 unspecified atom stereocenters. The van der Waals surface area contributed by atoms with Gasteiger partial charge in [-0.3, -0.25) is 14.2 Å². The van der Waals surface area contributed by atoms with Gasteiger partial charge in [0.15, 0.2) is 17.8 Å². The molecule has 1 aromatic heterocycles. The Kier molecular flexibility index (Phi) is 8.78. The molecule has 11 nitrogen and oxygen atoms in total. The van der Waals surface area contributed by atoms with Crippen LogP contribution in [0.1, 0.15) is 26.5 Å². The van der Waals surface area contributed by atoms with Gasteiger partial charge in [-0.15, -0.1) is 0 Å². The molecule has 1 aliphatic rings. The molecule has 1 aromatic carbocycles. The number of carbonyl (C=O) groups excluding carboxylic acids is 1. The van der Waals surface area contributed by atoms with Gasteiger partial charge < -0.3 is 24.1 Å². The van der Waals surface area contributed by atoms with Crippen molar-refractivity contribution in [3.8, 4) is 5.75 Å². The van der Waals surface area contributed by atoms with Crippen LogP contribution in [0.4, 0.5) is 8.78 Å². The molecule has 2 heterocycles. The van der Waals surface area contributed by atoms with Crippen LogP contribution in [0.5, 0.6) is 5.75 Å². The van der Waals surface area contributed by atoms with E-state index < -0.39 is 66.3 Å². The van der Waals surface area contributed by atoms with Crippen LogP contribution in [-0.2, 0) is 18.8 Å². The molecule has 3 N–H and O–H groups in total. The molecule has 0 bridgehead atoms. The van der Waals surface area contributed by atoms with Crippen molar-refractivity contribution >= 4 is 24.1 Å². The molecule has 1 aliphatic heterocycles. The number of ether oxygens (including phenoxy) is 2. The summed E-state index contributed by atoms with van der Waals surface area (Å²) < 4.78 is 63.1. The number of carbonyl (C=O) groups is 1. The molecule has 1 saturated heterocycles. The van der Waals surface area contributed by atoms with E-state index in [1.165, 1.54) is 19.1 Å². The Morgan fingerprint density at radius 3 is 2.64 bits per heavy atom. The van der Waals surface area contributed by atoms with Crippen molar-refractivity contribution in [3.63, 3.8) is 0 Å². The lowest BCUT2D eigenvalue weighted by Gasteiger charge is -2.26. The standard InChI is InChI=1S/C21H26F2N3O8PS/c1-12(18(29)32-3)25-36-35(31,34-13-7-5-4-6-8-13)15(22)11-14-17(28)21(2,23)19(33-14)26-16(27)9-10-24-20(26)30/h4-10,12,14-15,17,19,25,28H,11H2,1-3H3,(H,24,30)/t12?,14-,15?,17-,19-,21-,35?/m1/s1. The van der Waals surface area contributed by atoms with Gasteiger partial charge in [0, 0.05) is 30.3 Å². The van der Waals surface area contributed by atoms with E-state index in [0.29, 0.717) is 16.1 Å². The highest BCUT2D eigenvalue weighted by molar-refractivity contribution is 8.55. The minimum absolute atomic E-state index is 0.0620. The van der Waals surface area contributed by atoms with Gasteiger partial charge in [-0.1, -0.05) is 18.2 Å². The third-order valence-corrected chi connectivity index (χ3v) is 9.56. The minimum atomic E-state index is -4.39. The number of methoxy groups -OCH3 is 1. The normalized spacial score (nSPS) is 27.1. The fourth-order valence-electron chi connectivity index (χ4n) is 3.50. The number of aliphatic hydroxyl groups excluding tert-OH is 1. The SMILES string of the molecule is COC(=O)C(C)NSP(=O)(Oc1ccccc1)C(F)C[C@H]1O[C@@H](n2c(=O)cc[nH]c2=O)[C@](C)(F)[C@@H]1O. The summed E-state index contributed by atoms with van der Waals surface area (Å²) in [5, 5.41) is 10.5. The number of nitrogens with zero attached hydrogens (tertiary/aromatic N) is 1. The number of nitrogens with one attached hydrogen (secondary N) is 2. The number of hydrogen-bond acceptors (Lipinski definition) is 10. The van der Waals surface area contributed by atoms with Gasteiger partial charge in [0.2, 0.25) is 0 Å². The Labute approximate surface area is 208 Å². The number of para-hydroxylation sites is 1. The Bertz CT molecular complexity index is 1200. The van der Waals surface area contributed by atoms with Gasteiger partial charge in [0.25, 0.3) is 5.56 Å². The first kappa shape index (κ1) is 28.1. The number of H-pyrrole nitrogens is 1. The molecule has 3 rings (SSSR count). The summed E-state index contributed by atoms with van der Waals surface area (Å²) >= 11 is 0.332. The van der Waals surface area contributed by atoms with Crippen LogP contribution in [-0.4, -0.2) is 57.6 Å². The second-order valence-corrected chi connectivity index (χ2v) is 12.5. The number of aromatic amines is 1. The van der Waals surface area contributed by atoms with Gasteiger partial charge >= 0.3 is 18.2 Å². The van der Waals surface area contributed by atoms with Gasteiger partial charge in [-0.25, -0.2) is 22.9 Å². The molecule has 36 heavy (non-hydrogen) atoms. The monoisotopic (exact) mass is 549 g/mol. The van der Waals surface area contributed by atoms with E-state index >= 15 is 8.78 Å². The average molecular weight is 549 g/mol. The highest BCUT2D eigenvalue weighted by Crippen LogP contribution is 2.64. The van der Waals surface area contributed by atoms with Gasteiger partial charge in [0.1, 0.15) is 17.9 Å². The van der Waals surface area contributed by atoms with Crippen LogP contribution in [0.2, 0.25) is 0 Å². The predicted octanol–water partition coefficient (Wildman–Crippen LogP) is 2.28. The second-order valence-electron chi connectivity index (χ2n) is 8.18. The lowest BCUT2D eigenvalue weighted by molar-refractivity contribution is -0.142. The molecule has 1 fully saturated rings. The van der Waals surface area contributed by atoms with Crippen molar-refractivity contribution in [1.29, 1.82) is 0 Å². The molecular weight excluding hydrogens is 523 g/mol. The van der Waals surface area contributed by atoms with Crippen molar-refractivity contribution in [2.75, 3.05) is 7.11 Å². The number of hydrogen-bond donors (Lipinski definition) is 3. The van der Waals surface area contributed by atoms with Crippen LogP contribution in [0.15, 0.2) is 52.2 Å². The van der Waals surface area contributed by atoms with E-state index in [2.05, 4.69) is 14.4 Å². The number of rotatable bonds is 10. The lowest BCUT2D eigenvalue weighted by Crippen LogP contribution is -2.46. The largest absolute Gasteiger partial charge is 0.468 e. The van der Waals surface area contributed by atoms with Crippen molar-refractivity contribution in [2.45, 2.75) is 56.3 Å². The maximum Gasteiger partial charge on any atom is 0.351 e. The summed E-state index contributed by atoms with van der Waals surface area (Å²) in [6, 6.07) is 7.66. The van der Waals surface area contributed by atoms with Crippen molar-refractivity contribution in [2.24, 2.45) is 0 Å². The Morgan fingerprint density at radius 1 is 1.36 bits per heavy atom. The zero-order chi connectivity index (χ0) is 26.7. The topological polar surface area (TPSA) is 149 Å². The quantitative estimate of drug-likeness (QED) is 0.229. The van der Waals surface area contributed by atoms with Crippen molar-refractivity contribution in [3.05, 3.63) is 63.4 Å². The van der Waals surface area contributed by atoms with Crippen molar-refractivity contribution < 1.29 is 37.2 Å². The molecule has 0 aliphatic carbocycles. The molecule has 2 aromatic rings. The molecule has 198 valence electrons. The zero-order valence-electron chi connectivity index (χ0n) is 19.5. The van der Waals surface area contributed by atoms with Crippen LogP contribution in [0.25, 0.3) is 0 Å². The van der Waals surface area contributed by atoms with Crippen LogP contribution in [0.3, 0.4) is 0 Å². The Balaban J connectivity index is 1.85. The van der Waals surface area contributed by atoms with E-state index in [4.69, 9.17) is 9.26 Å². The zero-order valence-corrected chi connectivity index (χ0v) is 21.2. The van der Waals surface area contributed by atoms with Crippen LogP contribution >= 0.6 is 18.1 Å². The highest BCUT2D eigenvalue weighted by Gasteiger charge is 2.57. The maximum atomic E-state index is 15.6. The Hall–Kier alpha value is -2.51. The van der Waals surface area contributed by atoms with E-state index in [9.17, 15) is 24.1 Å². The lowest BCUT2D eigenvalue weighted by atomic mass is 9.97. The summed E-state index contributed by atoms with van der Waals surface area (Å²) in [4.78, 5) is 38.2. The van der Waals surface area contributed by atoms with E-state index in [1.807, 2.05) is 0 Å². The number of benzene rings is 1. The fourth-order valence-corrected chi connectivity index (χ4v) is 6.93. The van der Waals surface area contributed by atoms with Crippen LogP contribution < -0.4 is 20.5 Å². The van der Waals surface area contributed by atoms with Gasteiger partial charge in [-0.05, 0) is 26.0 Å². The molecule has 0 saturated carbocycles. The first-order valence-corrected chi connectivity index (χ1v) is 13.8. The average Bonchev–Trinajstić information content (AvgIpc) is 3.06. The molecule has 0 spiro atoms.